The van der Waals surface area contributed by atoms with Crippen LogP contribution in [0.5, 0.6) is 0 Å². The molecule has 1 fully saturated rings. The van der Waals surface area contributed by atoms with Crippen molar-refractivity contribution in [3.8, 4) is 6.07 Å². The number of hydrogen-bond donors (Lipinski definition) is 3. The topological polar surface area (TPSA) is 85.2 Å². The molecule has 3 rings (SSSR count). The first-order valence-electron chi connectivity index (χ1n) is 12.5. The largest absolute Gasteiger partial charge is 0.394 e. The van der Waals surface area contributed by atoms with E-state index < -0.39 is 17.4 Å². The first-order chi connectivity index (χ1) is 16.9. The van der Waals surface area contributed by atoms with Crippen molar-refractivity contribution >= 4 is 29.1 Å². The van der Waals surface area contributed by atoms with Gasteiger partial charge < -0.3 is 15.7 Å². The van der Waals surface area contributed by atoms with Crippen molar-refractivity contribution in [3.05, 3.63) is 69.7 Å². The van der Waals surface area contributed by atoms with Crippen LogP contribution in [0, 0.1) is 22.7 Å². The second-order valence-electron chi connectivity index (χ2n) is 11.5. The summed E-state index contributed by atoms with van der Waals surface area (Å²) in [6.07, 6.45) is 1.32. The van der Waals surface area contributed by atoms with Gasteiger partial charge in [-0.15, -0.1) is 0 Å². The molecular formula is C29H37Cl2N3O2. The van der Waals surface area contributed by atoms with Gasteiger partial charge in [-0.3, -0.25) is 4.79 Å². The van der Waals surface area contributed by atoms with Crippen molar-refractivity contribution in [3.63, 3.8) is 0 Å². The zero-order valence-electron chi connectivity index (χ0n) is 21.7. The highest BCUT2D eigenvalue weighted by atomic mass is 35.5. The summed E-state index contributed by atoms with van der Waals surface area (Å²) in [5.74, 6) is -0.443. The minimum atomic E-state index is -1.06. The standard InChI is InChI=1S/C29H37Cl2N3O2/c1-18(2)13-23(16-35)33-27(36)26-25(19-7-6-8-22(31)14-19)29(17-32,20-9-11-21(30)12-10-20)24(34-26)15-28(3,4)5/h6-12,14,18,23-26,34-35H,13,15-16H2,1-5H3,(H,33,36)/t23-,24-,25-,26+,29-/m1/s1. The molecule has 1 aliphatic rings. The van der Waals surface area contributed by atoms with E-state index in [1.165, 1.54) is 0 Å². The fourth-order valence-electron chi connectivity index (χ4n) is 5.50. The fraction of sp³-hybridized carbons (Fsp3) is 0.517. The molecule has 0 aromatic heterocycles. The molecule has 0 unspecified atom stereocenters. The third-order valence-electron chi connectivity index (χ3n) is 6.89. The van der Waals surface area contributed by atoms with Gasteiger partial charge in [-0.1, -0.05) is 82.1 Å². The minimum absolute atomic E-state index is 0.109. The Bertz CT molecular complexity index is 1090. The Morgan fingerprint density at radius 2 is 1.83 bits per heavy atom. The molecule has 1 aliphatic heterocycles. The van der Waals surface area contributed by atoms with E-state index in [0.717, 1.165) is 11.1 Å². The zero-order chi connectivity index (χ0) is 26.7. The van der Waals surface area contributed by atoms with Gasteiger partial charge in [0.25, 0.3) is 0 Å². The van der Waals surface area contributed by atoms with Gasteiger partial charge in [0.15, 0.2) is 0 Å². The molecule has 36 heavy (non-hydrogen) atoms. The van der Waals surface area contributed by atoms with Crippen LogP contribution in [0.4, 0.5) is 0 Å². The quantitative estimate of drug-likeness (QED) is 0.401. The molecule has 0 aliphatic carbocycles. The molecule has 1 amide bonds. The number of aliphatic hydroxyl groups is 1. The number of nitrogens with one attached hydrogen (secondary N) is 2. The molecule has 2 aromatic rings. The van der Waals surface area contributed by atoms with E-state index in [1.807, 2.05) is 30.3 Å². The van der Waals surface area contributed by atoms with Crippen molar-refractivity contribution in [1.82, 2.24) is 10.6 Å². The fourth-order valence-corrected chi connectivity index (χ4v) is 5.82. The molecule has 0 bridgehead atoms. The summed E-state index contributed by atoms with van der Waals surface area (Å²) >= 11 is 12.6. The summed E-state index contributed by atoms with van der Waals surface area (Å²) in [5.41, 5.74) is 0.448. The van der Waals surface area contributed by atoms with Crippen molar-refractivity contribution < 1.29 is 9.90 Å². The van der Waals surface area contributed by atoms with E-state index in [-0.39, 0.29) is 30.0 Å². The number of hydrogen-bond acceptors (Lipinski definition) is 4. The lowest BCUT2D eigenvalue weighted by atomic mass is 9.63. The monoisotopic (exact) mass is 529 g/mol. The zero-order valence-corrected chi connectivity index (χ0v) is 23.2. The third kappa shape index (κ3) is 6.23. The predicted octanol–water partition coefficient (Wildman–Crippen LogP) is 5.84. The number of halogens is 2. The van der Waals surface area contributed by atoms with Gasteiger partial charge >= 0.3 is 0 Å². The van der Waals surface area contributed by atoms with E-state index >= 15 is 0 Å². The van der Waals surface area contributed by atoms with Crippen LogP contribution in [-0.4, -0.2) is 35.7 Å². The Balaban J connectivity index is 2.19. The van der Waals surface area contributed by atoms with Crippen molar-refractivity contribution in [1.29, 1.82) is 5.26 Å². The molecule has 3 N–H and O–H groups in total. The molecule has 7 heteroatoms. The lowest BCUT2D eigenvalue weighted by molar-refractivity contribution is -0.124. The van der Waals surface area contributed by atoms with Crippen LogP contribution >= 0.6 is 23.2 Å². The second kappa shape index (κ2) is 11.5. The number of aliphatic hydroxyl groups excluding tert-OH is 1. The number of nitriles is 1. The Labute approximate surface area is 225 Å². The van der Waals surface area contributed by atoms with Crippen LogP contribution in [-0.2, 0) is 10.2 Å². The molecule has 2 aromatic carbocycles. The van der Waals surface area contributed by atoms with E-state index in [4.69, 9.17) is 23.2 Å². The van der Waals surface area contributed by atoms with E-state index in [2.05, 4.69) is 51.3 Å². The summed E-state index contributed by atoms with van der Waals surface area (Å²) in [7, 11) is 0. The third-order valence-corrected chi connectivity index (χ3v) is 7.38. The molecule has 5 nitrogen and oxygen atoms in total. The van der Waals surface area contributed by atoms with Gasteiger partial charge in [0.2, 0.25) is 5.91 Å². The first-order valence-corrected chi connectivity index (χ1v) is 13.3. The maximum absolute atomic E-state index is 13.8. The van der Waals surface area contributed by atoms with Gasteiger partial charge in [-0.05, 0) is 59.6 Å². The van der Waals surface area contributed by atoms with Crippen LogP contribution in [0.3, 0.4) is 0 Å². The Morgan fingerprint density at radius 3 is 2.36 bits per heavy atom. The average Bonchev–Trinajstić information content (AvgIpc) is 3.12. The lowest BCUT2D eigenvalue weighted by Gasteiger charge is -2.37. The molecule has 5 atom stereocenters. The van der Waals surface area contributed by atoms with E-state index in [9.17, 15) is 15.2 Å². The van der Waals surface area contributed by atoms with Gasteiger partial charge in [-0.25, -0.2) is 0 Å². The SMILES string of the molecule is CC(C)C[C@H](CO)NC(=O)[C@H]1N[C@H](CC(C)(C)C)[C@@](C#N)(c2ccc(Cl)cc2)[C@@H]1c1cccc(Cl)c1. The molecule has 0 radical (unpaired) electrons. The molecule has 0 spiro atoms. The normalized spacial score (nSPS) is 24.9. The number of amides is 1. The molecule has 0 saturated carbocycles. The van der Waals surface area contributed by atoms with Crippen LogP contribution < -0.4 is 10.6 Å². The highest BCUT2D eigenvalue weighted by Crippen LogP contribution is 2.51. The minimum Gasteiger partial charge on any atom is -0.394 e. The average molecular weight is 531 g/mol. The van der Waals surface area contributed by atoms with Gasteiger partial charge in [0, 0.05) is 22.0 Å². The van der Waals surface area contributed by atoms with Crippen molar-refractivity contribution in [2.75, 3.05) is 6.61 Å². The number of nitrogens with zero attached hydrogens (tertiary/aromatic N) is 1. The summed E-state index contributed by atoms with van der Waals surface area (Å²) in [4.78, 5) is 13.8. The second-order valence-corrected chi connectivity index (χ2v) is 12.4. The predicted molar refractivity (Wildman–Crippen MR) is 146 cm³/mol. The van der Waals surface area contributed by atoms with E-state index in [1.54, 1.807) is 18.2 Å². The number of carbonyl (C=O) groups excluding carboxylic acids is 1. The number of carbonyl (C=O) groups is 1. The Morgan fingerprint density at radius 1 is 1.17 bits per heavy atom. The van der Waals surface area contributed by atoms with Gasteiger partial charge in [0.05, 0.1) is 24.8 Å². The Kier molecular flexibility index (Phi) is 9.11. The van der Waals surface area contributed by atoms with E-state index in [0.29, 0.717) is 28.8 Å². The summed E-state index contributed by atoms with van der Waals surface area (Å²) < 4.78 is 0. The van der Waals surface area contributed by atoms with Crippen molar-refractivity contribution in [2.45, 2.75) is 76.9 Å². The molecule has 194 valence electrons. The molecule has 1 heterocycles. The number of rotatable bonds is 8. The van der Waals surface area contributed by atoms with Crippen LogP contribution in [0.15, 0.2) is 48.5 Å². The lowest BCUT2D eigenvalue weighted by Crippen LogP contribution is -2.49. The highest BCUT2D eigenvalue weighted by molar-refractivity contribution is 6.30. The smallest absolute Gasteiger partial charge is 0.238 e. The van der Waals surface area contributed by atoms with Crippen molar-refractivity contribution in [2.24, 2.45) is 11.3 Å². The number of benzene rings is 2. The van der Waals surface area contributed by atoms with Gasteiger partial charge in [0.1, 0.15) is 5.41 Å². The van der Waals surface area contributed by atoms with Gasteiger partial charge in [-0.2, -0.15) is 5.26 Å². The molecule has 1 saturated heterocycles. The first kappa shape index (κ1) is 28.5. The summed E-state index contributed by atoms with van der Waals surface area (Å²) in [6.45, 7) is 10.3. The summed E-state index contributed by atoms with van der Waals surface area (Å²) in [5, 5.41) is 28.6. The van der Waals surface area contributed by atoms with Crippen LogP contribution in [0.1, 0.15) is 64.5 Å². The maximum Gasteiger partial charge on any atom is 0.238 e. The highest BCUT2D eigenvalue weighted by Gasteiger charge is 2.59. The van der Waals surface area contributed by atoms with Crippen LogP contribution in [0.25, 0.3) is 0 Å². The summed E-state index contributed by atoms with van der Waals surface area (Å²) in [6, 6.07) is 16.0. The maximum atomic E-state index is 13.8. The molecular weight excluding hydrogens is 493 g/mol. The van der Waals surface area contributed by atoms with Crippen LogP contribution in [0.2, 0.25) is 10.0 Å². The Hall–Kier alpha value is -2.10.